The standard InChI is InChI=1S/C17H15NO2/c1-12-7-8-15-14(9-12)16(19)10-17(20)18(15)11-13-5-3-2-4-6-13/h2-10,19H,11H2,1H3. The molecule has 3 heteroatoms. The smallest absolute Gasteiger partial charge is 0.255 e. The second kappa shape index (κ2) is 4.85. The highest BCUT2D eigenvalue weighted by Gasteiger charge is 2.08. The van der Waals surface area contributed by atoms with Gasteiger partial charge in [0, 0.05) is 11.5 Å². The first-order chi connectivity index (χ1) is 9.65. The van der Waals surface area contributed by atoms with Gasteiger partial charge in [0.1, 0.15) is 5.75 Å². The number of aromatic nitrogens is 1. The summed E-state index contributed by atoms with van der Waals surface area (Å²) in [5.74, 6) is 0.0398. The third kappa shape index (κ3) is 2.18. The maximum atomic E-state index is 12.1. The molecule has 0 aliphatic rings. The third-order valence-electron chi connectivity index (χ3n) is 3.43. The van der Waals surface area contributed by atoms with Crippen LogP contribution < -0.4 is 5.56 Å². The Morgan fingerprint density at radius 1 is 1.05 bits per heavy atom. The Kier molecular flexibility index (Phi) is 3.03. The molecular formula is C17H15NO2. The third-order valence-corrected chi connectivity index (χ3v) is 3.43. The van der Waals surface area contributed by atoms with Gasteiger partial charge < -0.3 is 9.67 Å². The largest absolute Gasteiger partial charge is 0.507 e. The predicted octanol–water partition coefficient (Wildman–Crippen LogP) is 3.06. The van der Waals surface area contributed by atoms with Crippen molar-refractivity contribution in [3.63, 3.8) is 0 Å². The van der Waals surface area contributed by atoms with Gasteiger partial charge in [-0.05, 0) is 24.6 Å². The van der Waals surface area contributed by atoms with Gasteiger partial charge in [-0.3, -0.25) is 4.79 Å². The summed E-state index contributed by atoms with van der Waals surface area (Å²) in [6.07, 6.45) is 0. The average molecular weight is 265 g/mol. The molecule has 2 aromatic carbocycles. The number of benzene rings is 2. The van der Waals surface area contributed by atoms with Gasteiger partial charge in [0.05, 0.1) is 12.1 Å². The van der Waals surface area contributed by atoms with E-state index in [-0.39, 0.29) is 11.3 Å². The number of fused-ring (bicyclic) bond motifs is 1. The lowest BCUT2D eigenvalue weighted by atomic mass is 10.1. The Morgan fingerprint density at radius 3 is 2.55 bits per heavy atom. The fourth-order valence-corrected chi connectivity index (χ4v) is 2.41. The van der Waals surface area contributed by atoms with Crippen LogP contribution in [0, 0.1) is 6.92 Å². The second-order valence-corrected chi connectivity index (χ2v) is 4.96. The van der Waals surface area contributed by atoms with Crippen LogP contribution in [0.2, 0.25) is 0 Å². The Labute approximate surface area is 116 Å². The van der Waals surface area contributed by atoms with Crippen LogP contribution >= 0.6 is 0 Å². The highest BCUT2D eigenvalue weighted by atomic mass is 16.3. The Morgan fingerprint density at radius 2 is 1.80 bits per heavy atom. The average Bonchev–Trinajstić information content (AvgIpc) is 2.45. The minimum atomic E-state index is -0.192. The van der Waals surface area contributed by atoms with Gasteiger partial charge in [-0.1, -0.05) is 42.0 Å². The summed E-state index contributed by atoms with van der Waals surface area (Å²) in [4.78, 5) is 12.1. The summed E-state index contributed by atoms with van der Waals surface area (Å²) in [6.45, 7) is 2.46. The van der Waals surface area contributed by atoms with E-state index in [1.165, 1.54) is 6.07 Å². The maximum Gasteiger partial charge on any atom is 0.255 e. The van der Waals surface area contributed by atoms with E-state index >= 15 is 0 Å². The van der Waals surface area contributed by atoms with Crippen molar-refractivity contribution in [3.05, 3.63) is 76.1 Å². The molecule has 3 aromatic rings. The van der Waals surface area contributed by atoms with E-state index < -0.39 is 0 Å². The van der Waals surface area contributed by atoms with Crippen molar-refractivity contribution in [2.45, 2.75) is 13.5 Å². The highest BCUT2D eigenvalue weighted by Crippen LogP contribution is 2.24. The van der Waals surface area contributed by atoms with Crippen LogP contribution in [0.5, 0.6) is 5.75 Å². The monoisotopic (exact) mass is 265 g/mol. The molecule has 20 heavy (non-hydrogen) atoms. The van der Waals surface area contributed by atoms with E-state index in [1.807, 2.05) is 55.5 Å². The molecule has 0 unspecified atom stereocenters. The number of aryl methyl sites for hydroxylation is 1. The van der Waals surface area contributed by atoms with Gasteiger partial charge in [-0.2, -0.15) is 0 Å². The van der Waals surface area contributed by atoms with Crippen LogP contribution in [0.15, 0.2) is 59.4 Å². The van der Waals surface area contributed by atoms with E-state index in [9.17, 15) is 9.90 Å². The van der Waals surface area contributed by atoms with E-state index in [0.717, 1.165) is 16.6 Å². The molecule has 100 valence electrons. The normalized spacial score (nSPS) is 10.8. The quantitative estimate of drug-likeness (QED) is 0.773. The number of nitrogens with zero attached hydrogens (tertiary/aromatic N) is 1. The Hall–Kier alpha value is -2.55. The van der Waals surface area contributed by atoms with Crippen molar-refractivity contribution in [3.8, 4) is 5.75 Å². The SMILES string of the molecule is Cc1ccc2c(c1)c(O)cc(=O)n2Cc1ccccc1. The summed E-state index contributed by atoms with van der Waals surface area (Å²) < 4.78 is 1.68. The van der Waals surface area contributed by atoms with Gasteiger partial charge in [-0.25, -0.2) is 0 Å². The van der Waals surface area contributed by atoms with Gasteiger partial charge in [-0.15, -0.1) is 0 Å². The zero-order valence-electron chi connectivity index (χ0n) is 11.2. The molecule has 0 bridgehead atoms. The summed E-state index contributed by atoms with van der Waals surface area (Å²) in [5, 5.41) is 10.7. The molecule has 1 heterocycles. The lowest BCUT2D eigenvalue weighted by Gasteiger charge is -2.12. The van der Waals surface area contributed by atoms with Crippen LogP contribution in [0.1, 0.15) is 11.1 Å². The molecule has 0 spiro atoms. The van der Waals surface area contributed by atoms with Crippen LogP contribution in [-0.4, -0.2) is 9.67 Å². The molecule has 0 aliphatic carbocycles. The fourth-order valence-electron chi connectivity index (χ4n) is 2.41. The van der Waals surface area contributed by atoms with E-state index in [1.54, 1.807) is 4.57 Å². The first-order valence-corrected chi connectivity index (χ1v) is 6.52. The highest BCUT2D eigenvalue weighted by molar-refractivity contribution is 5.85. The zero-order chi connectivity index (χ0) is 14.1. The van der Waals surface area contributed by atoms with E-state index in [0.29, 0.717) is 11.9 Å². The molecule has 3 nitrogen and oxygen atoms in total. The molecule has 0 amide bonds. The Balaban J connectivity index is 2.22. The predicted molar refractivity (Wildman–Crippen MR) is 80.2 cm³/mol. The molecule has 0 radical (unpaired) electrons. The molecular weight excluding hydrogens is 250 g/mol. The minimum absolute atomic E-state index is 0.0398. The topological polar surface area (TPSA) is 42.2 Å². The van der Waals surface area contributed by atoms with E-state index in [4.69, 9.17) is 0 Å². The van der Waals surface area contributed by atoms with Crippen molar-refractivity contribution >= 4 is 10.9 Å². The number of rotatable bonds is 2. The number of hydrogen-bond donors (Lipinski definition) is 1. The van der Waals surface area contributed by atoms with E-state index in [2.05, 4.69) is 0 Å². The number of aromatic hydroxyl groups is 1. The zero-order valence-corrected chi connectivity index (χ0v) is 11.2. The van der Waals surface area contributed by atoms with Gasteiger partial charge >= 0.3 is 0 Å². The van der Waals surface area contributed by atoms with Gasteiger partial charge in [0.2, 0.25) is 0 Å². The first kappa shape index (κ1) is 12.5. The summed E-state index contributed by atoms with van der Waals surface area (Å²) in [7, 11) is 0. The van der Waals surface area contributed by atoms with Crippen LogP contribution in [-0.2, 0) is 6.54 Å². The van der Waals surface area contributed by atoms with Crippen molar-refractivity contribution in [1.82, 2.24) is 4.57 Å². The molecule has 0 fully saturated rings. The first-order valence-electron chi connectivity index (χ1n) is 6.52. The van der Waals surface area contributed by atoms with Crippen molar-refractivity contribution in [2.75, 3.05) is 0 Å². The van der Waals surface area contributed by atoms with Crippen molar-refractivity contribution in [2.24, 2.45) is 0 Å². The molecule has 1 N–H and O–H groups in total. The summed E-state index contributed by atoms with van der Waals surface area (Å²) in [6, 6.07) is 16.8. The Bertz CT molecular complexity index is 820. The number of pyridine rings is 1. The van der Waals surface area contributed by atoms with Gasteiger partial charge in [0.15, 0.2) is 0 Å². The van der Waals surface area contributed by atoms with Crippen LogP contribution in [0.4, 0.5) is 0 Å². The molecule has 1 aromatic heterocycles. The number of hydrogen-bond acceptors (Lipinski definition) is 2. The lowest BCUT2D eigenvalue weighted by molar-refractivity contribution is 0.479. The van der Waals surface area contributed by atoms with Gasteiger partial charge in [0.25, 0.3) is 5.56 Å². The summed E-state index contributed by atoms with van der Waals surface area (Å²) in [5.41, 5.74) is 2.67. The summed E-state index contributed by atoms with van der Waals surface area (Å²) >= 11 is 0. The molecule has 3 rings (SSSR count). The van der Waals surface area contributed by atoms with Crippen molar-refractivity contribution in [1.29, 1.82) is 0 Å². The van der Waals surface area contributed by atoms with Crippen LogP contribution in [0.3, 0.4) is 0 Å². The van der Waals surface area contributed by atoms with Crippen molar-refractivity contribution < 1.29 is 5.11 Å². The molecule has 0 atom stereocenters. The molecule has 0 aliphatic heterocycles. The molecule has 0 saturated heterocycles. The second-order valence-electron chi connectivity index (χ2n) is 4.96. The van der Waals surface area contributed by atoms with Crippen LogP contribution in [0.25, 0.3) is 10.9 Å². The minimum Gasteiger partial charge on any atom is -0.507 e. The lowest BCUT2D eigenvalue weighted by Crippen LogP contribution is -2.20. The molecule has 0 saturated carbocycles. The fraction of sp³-hybridized carbons (Fsp3) is 0.118. The maximum absolute atomic E-state index is 12.1.